The maximum absolute atomic E-state index is 12.3. The van der Waals surface area contributed by atoms with Crippen LogP contribution in [0.15, 0.2) is 11.4 Å². The van der Waals surface area contributed by atoms with Crippen molar-refractivity contribution in [1.29, 1.82) is 0 Å². The molecule has 2 rings (SSSR count). The number of rotatable bonds is 14. The van der Waals surface area contributed by atoms with E-state index in [1.807, 2.05) is 27.7 Å². The average molecular weight is 524 g/mol. The van der Waals surface area contributed by atoms with Gasteiger partial charge in [0, 0.05) is 24.4 Å². The Balaban J connectivity index is 1.84. The molecule has 1 saturated carbocycles. The van der Waals surface area contributed by atoms with E-state index in [0.29, 0.717) is 43.8 Å². The van der Waals surface area contributed by atoms with E-state index in [-0.39, 0.29) is 18.2 Å². The molecule has 212 valence electrons. The Morgan fingerprint density at radius 1 is 1.14 bits per heavy atom. The van der Waals surface area contributed by atoms with Gasteiger partial charge in [-0.05, 0) is 89.9 Å². The van der Waals surface area contributed by atoms with Crippen LogP contribution in [-0.2, 0) is 19.1 Å². The molecule has 0 aromatic carbocycles. The summed E-state index contributed by atoms with van der Waals surface area (Å²) in [5.74, 6) is 7.91. The minimum Gasteiger partial charge on any atom is -0.449 e. The second-order valence-corrected chi connectivity index (χ2v) is 12.2. The highest BCUT2D eigenvalue weighted by molar-refractivity contribution is 5.79. The molecule has 2 amide bonds. The van der Waals surface area contributed by atoms with Crippen LogP contribution in [0.2, 0.25) is 0 Å². The molecule has 0 aromatic heterocycles. The van der Waals surface area contributed by atoms with E-state index in [9.17, 15) is 14.4 Å². The maximum atomic E-state index is 12.3. The molecule has 1 fully saturated rings. The molecule has 2 aliphatic rings. The topological polar surface area (TPSA) is 163 Å². The molecule has 0 aliphatic heterocycles. The third-order valence-electron chi connectivity index (χ3n) is 8.06. The van der Waals surface area contributed by atoms with E-state index in [0.717, 1.165) is 43.4 Å². The van der Waals surface area contributed by atoms with Gasteiger partial charge in [0.05, 0.1) is 23.8 Å². The summed E-state index contributed by atoms with van der Waals surface area (Å²) in [6.45, 7) is 12.7. The number of nitrogens with one attached hydrogen (secondary N) is 1. The molecular weight excluding hydrogens is 474 g/mol. The summed E-state index contributed by atoms with van der Waals surface area (Å²) >= 11 is 0. The van der Waals surface area contributed by atoms with Gasteiger partial charge in [0.2, 0.25) is 5.91 Å². The molecule has 0 aromatic rings. The number of hydrogen-bond donors (Lipinski definition) is 4. The van der Waals surface area contributed by atoms with E-state index in [1.165, 1.54) is 0 Å². The number of ether oxygens (including phenoxy) is 2. The molecule has 0 heterocycles. The molecule has 2 aliphatic carbocycles. The number of hydrogen-bond acceptors (Lipinski definition) is 8. The Kier molecular flexibility index (Phi) is 10.8. The Hall–Kier alpha value is -2.33. The van der Waals surface area contributed by atoms with Crippen molar-refractivity contribution in [3.05, 3.63) is 11.4 Å². The van der Waals surface area contributed by atoms with Crippen LogP contribution in [0.1, 0.15) is 86.5 Å². The highest BCUT2D eigenvalue weighted by Gasteiger charge is 2.50. The van der Waals surface area contributed by atoms with Gasteiger partial charge in [-0.15, -0.1) is 0 Å². The van der Waals surface area contributed by atoms with Gasteiger partial charge < -0.3 is 36.1 Å². The molecule has 4 atom stereocenters. The van der Waals surface area contributed by atoms with Crippen LogP contribution in [0.4, 0.5) is 4.79 Å². The van der Waals surface area contributed by atoms with Crippen LogP contribution >= 0.6 is 0 Å². The zero-order chi connectivity index (χ0) is 28.0. The van der Waals surface area contributed by atoms with Crippen molar-refractivity contribution in [2.45, 2.75) is 104 Å². The summed E-state index contributed by atoms with van der Waals surface area (Å²) < 4.78 is 11.2. The second kappa shape index (κ2) is 13.0. The number of nitrogens with two attached hydrogens (primary N) is 3. The lowest BCUT2D eigenvalue weighted by molar-refractivity contribution is -0.126. The second-order valence-electron chi connectivity index (χ2n) is 12.2. The standard InChI is InChI=1S/C27H49N5O5/c1-17(2)22(15-33)31-24(34)11-12-27(5,6)37-14-13-26(3,4)32(30)23-10-8-19-18(7-9-21(23)28)20(19)16-36-25(29)35/h15,17-20,22H,7-14,16,28,30H2,1-6H3,(H2,29,35)(H,31,34)/b23-21-. The van der Waals surface area contributed by atoms with Gasteiger partial charge in [-0.2, -0.15) is 0 Å². The zero-order valence-electron chi connectivity index (χ0n) is 23.5. The lowest BCUT2D eigenvalue weighted by atomic mass is 9.95. The minimum atomic E-state index is -0.723. The number of hydrazine groups is 1. The fraction of sp³-hybridized carbons (Fsp3) is 0.815. The Bertz CT molecular complexity index is 841. The summed E-state index contributed by atoms with van der Waals surface area (Å²) in [4.78, 5) is 34.4. The minimum absolute atomic E-state index is 0.0529. The summed E-state index contributed by atoms with van der Waals surface area (Å²) in [6, 6.07) is -0.469. The molecular formula is C27H49N5O5. The fourth-order valence-corrected chi connectivity index (χ4v) is 5.18. The van der Waals surface area contributed by atoms with Gasteiger partial charge in [0.15, 0.2) is 0 Å². The first-order chi connectivity index (χ1) is 17.2. The normalized spacial score (nSPS) is 24.9. The van der Waals surface area contributed by atoms with Crippen molar-refractivity contribution in [3.63, 3.8) is 0 Å². The summed E-state index contributed by atoms with van der Waals surface area (Å²) in [5.41, 5.74) is 12.5. The van der Waals surface area contributed by atoms with E-state index >= 15 is 0 Å². The molecule has 0 spiro atoms. The van der Waals surface area contributed by atoms with E-state index < -0.39 is 23.3 Å². The number of nitrogens with zero attached hydrogens (tertiary/aromatic N) is 1. The van der Waals surface area contributed by atoms with Crippen LogP contribution in [0.25, 0.3) is 0 Å². The first-order valence-corrected chi connectivity index (χ1v) is 13.5. The van der Waals surface area contributed by atoms with Gasteiger partial charge in [-0.3, -0.25) is 4.79 Å². The maximum Gasteiger partial charge on any atom is 0.404 e. The number of amides is 2. The third kappa shape index (κ3) is 9.17. The smallest absolute Gasteiger partial charge is 0.404 e. The lowest BCUT2D eigenvalue weighted by Crippen LogP contribution is -2.50. The van der Waals surface area contributed by atoms with E-state index in [2.05, 4.69) is 19.2 Å². The van der Waals surface area contributed by atoms with Crippen LogP contribution in [0, 0.1) is 23.7 Å². The first kappa shape index (κ1) is 30.9. The van der Waals surface area contributed by atoms with Crippen molar-refractivity contribution in [1.82, 2.24) is 10.3 Å². The predicted octanol–water partition coefficient (Wildman–Crippen LogP) is 2.95. The summed E-state index contributed by atoms with van der Waals surface area (Å²) in [5, 5.41) is 4.58. The molecule has 4 unspecified atom stereocenters. The van der Waals surface area contributed by atoms with E-state index in [4.69, 9.17) is 26.8 Å². The molecule has 0 bridgehead atoms. The van der Waals surface area contributed by atoms with Crippen molar-refractivity contribution in [3.8, 4) is 0 Å². The zero-order valence-corrected chi connectivity index (χ0v) is 23.5. The number of allylic oxidation sites excluding steroid dienone is 2. The molecule has 0 radical (unpaired) electrons. The monoisotopic (exact) mass is 523 g/mol. The Labute approximate surface area is 222 Å². The largest absolute Gasteiger partial charge is 0.449 e. The van der Waals surface area contributed by atoms with Crippen LogP contribution in [0.3, 0.4) is 0 Å². The first-order valence-electron chi connectivity index (χ1n) is 13.5. The highest BCUT2D eigenvalue weighted by Crippen LogP contribution is 2.54. The number of primary amides is 1. The van der Waals surface area contributed by atoms with Gasteiger partial charge in [-0.25, -0.2) is 10.6 Å². The quantitative estimate of drug-likeness (QED) is 0.153. The summed E-state index contributed by atoms with van der Waals surface area (Å²) in [6.07, 6.45) is 5.01. The third-order valence-corrected chi connectivity index (χ3v) is 8.06. The SMILES string of the molecule is CC(C)C(C=O)NC(=O)CCC(C)(C)OCCC(C)(C)N(N)/C1=C(\N)CCC2C(CC1)C2COC(N)=O. The average Bonchev–Trinajstić information content (AvgIpc) is 3.46. The number of carbonyl (C=O) groups excluding carboxylic acids is 3. The van der Waals surface area contributed by atoms with Gasteiger partial charge in [0.25, 0.3) is 0 Å². The Morgan fingerprint density at radius 3 is 2.32 bits per heavy atom. The van der Waals surface area contributed by atoms with Gasteiger partial charge in [-0.1, -0.05) is 13.8 Å². The van der Waals surface area contributed by atoms with Crippen molar-refractivity contribution < 1.29 is 23.9 Å². The van der Waals surface area contributed by atoms with Gasteiger partial charge >= 0.3 is 6.09 Å². The lowest BCUT2D eigenvalue weighted by Gasteiger charge is -2.40. The van der Waals surface area contributed by atoms with Crippen LogP contribution in [0.5, 0.6) is 0 Å². The highest BCUT2D eigenvalue weighted by atomic mass is 16.5. The number of fused-ring (bicyclic) bond motifs is 1. The molecule has 7 N–H and O–H groups in total. The van der Waals surface area contributed by atoms with Gasteiger partial charge in [0.1, 0.15) is 6.29 Å². The van der Waals surface area contributed by atoms with Crippen molar-refractivity contribution >= 4 is 18.3 Å². The summed E-state index contributed by atoms with van der Waals surface area (Å²) in [7, 11) is 0. The van der Waals surface area contributed by atoms with E-state index in [1.54, 1.807) is 5.01 Å². The number of aldehydes is 1. The van der Waals surface area contributed by atoms with Crippen LogP contribution < -0.4 is 22.6 Å². The molecule has 0 saturated heterocycles. The predicted molar refractivity (Wildman–Crippen MR) is 143 cm³/mol. The molecule has 10 nitrogen and oxygen atoms in total. The van der Waals surface area contributed by atoms with Crippen molar-refractivity contribution in [2.75, 3.05) is 13.2 Å². The number of carbonyl (C=O) groups is 3. The van der Waals surface area contributed by atoms with Crippen molar-refractivity contribution in [2.24, 2.45) is 41.0 Å². The Morgan fingerprint density at radius 2 is 1.76 bits per heavy atom. The van der Waals surface area contributed by atoms with Crippen LogP contribution in [-0.4, -0.2) is 53.7 Å². The molecule has 10 heteroatoms. The molecule has 37 heavy (non-hydrogen) atoms. The fourth-order valence-electron chi connectivity index (χ4n) is 5.18.